The molecule has 2 aromatic rings. The number of nitrogens with one attached hydrogen (secondary N) is 1. The molecule has 128 valence electrons. The molecule has 3 N–H and O–H groups in total. The second-order valence-electron chi connectivity index (χ2n) is 6.44. The summed E-state index contributed by atoms with van der Waals surface area (Å²) in [6.45, 7) is 2.52. The van der Waals surface area contributed by atoms with Crippen LogP contribution in [0.4, 0.5) is 0 Å². The Hall–Kier alpha value is -1.84. The first-order valence-electron chi connectivity index (χ1n) is 8.33. The largest absolute Gasteiger partial charge is 0.352 e. The molecule has 1 amide bonds. The lowest BCUT2D eigenvalue weighted by atomic mass is 10.0. The van der Waals surface area contributed by atoms with E-state index in [4.69, 9.17) is 5.73 Å². The number of hydrogen-bond acceptors (Lipinski definition) is 2. The molecular weight excluding hydrogens is 320 g/mol. The zero-order valence-corrected chi connectivity index (χ0v) is 14.9. The maximum absolute atomic E-state index is 12.1. The van der Waals surface area contributed by atoms with Gasteiger partial charge in [0.05, 0.1) is 6.42 Å². The minimum atomic E-state index is 0. The Balaban J connectivity index is 0.00000208. The summed E-state index contributed by atoms with van der Waals surface area (Å²) in [5, 5.41) is 2.99. The van der Waals surface area contributed by atoms with Crippen LogP contribution in [0.15, 0.2) is 42.5 Å². The molecule has 0 radical (unpaired) electrons. The lowest BCUT2D eigenvalue weighted by Crippen LogP contribution is -2.24. The van der Waals surface area contributed by atoms with Crippen LogP contribution in [0.3, 0.4) is 0 Å². The molecule has 4 heteroatoms. The van der Waals surface area contributed by atoms with Crippen molar-refractivity contribution in [3.8, 4) is 0 Å². The summed E-state index contributed by atoms with van der Waals surface area (Å²) in [5.41, 5.74) is 12.0. The summed E-state index contributed by atoms with van der Waals surface area (Å²) >= 11 is 0. The van der Waals surface area contributed by atoms with Gasteiger partial charge in [-0.2, -0.15) is 0 Å². The number of hydrogen-bond donors (Lipinski definition) is 2. The van der Waals surface area contributed by atoms with Gasteiger partial charge in [-0.15, -0.1) is 12.4 Å². The highest BCUT2D eigenvalue weighted by molar-refractivity contribution is 5.85. The Labute approximate surface area is 150 Å². The van der Waals surface area contributed by atoms with Crippen molar-refractivity contribution in [3.63, 3.8) is 0 Å². The molecule has 0 bridgehead atoms. The van der Waals surface area contributed by atoms with E-state index >= 15 is 0 Å². The van der Waals surface area contributed by atoms with Gasteiger partial charge >= 0.3 is 0 Å². The maximum atomic E-state index is 12.1. The molecule has 24 heavy (non-hydrogen) atoms. The fourth-order valence-corrected chi connectivity index (χ4v) is 3.12. The molecule has 0 aromatic heterocycles. The van der Waals surface area contributed by atoms with Crippen molar-refractivity contribution in [2.45, 2.75) is 45.2 Å². The highest BCUT2D eigenvalue weighted by Gasteiger charge is 2.12. The number of nitrogens with two attached hydrogens (primary N) is 1. The van der Waals surface area contributed by atoms with Gasteiger partial charge in [-0.3, -0.25) is 4.79 Å². The normalized spacial score (nSPS) is 13.8. The van der Waals surface area contributed by atoms with Crippen molar-refractivity contribution in [2.24, 2.45) is 5.73 Å². The highest BCUT2D eigenvalue weighted by atomic mass is 35.5. The molecule has 1 aliphatic carbocycles. The molecule has 0 fully saturated rings. The molecule has 3 nitrogen and oxygen atoms in total. The number of fused-ring (bicyclic) bond motifs is 1. The molecule has 1 atom stereocenters. The van der Waals surface area contributed by atoms with Crippen molar-refractivity contribution in [3.05, 3.63) is 70.3 Å². The van der Waals surface area contributed by atoms with Gasteiger partial charge in [0.2, 0.25) is 5.91 Å². The highest BCUT2D eigenvalue weighted by Crippen LogP contribution is 2.23. The smallest absolute Gasteiger partial charge is 0.224 e. The molecule has 0 saturated carbocycles. The van der Waals surface area contributed by atoms with Gasteiger partial charge in [0.15, 0.2) is 0 Å². The van der Waals surface area contributed by atoms with Gasteiger partial charge < -0.3 is 11.1 Å². The van der Waals surface area contributed by atoms with Crippen LogP contribution < -0.4 is 11.1 Å². The number of aryl methyl sites for hydroxylation is 2. The van der Waals surface area contributed by atoms with Gasteiger partial charge in [-0.1, -0.05) is 42.5 Å². The predicted octanol–water partition coefficient (Wildman–Crippen LogP) is 3.48. The summed E-state index contributed by atoms with van der Waals surface area (Å²) in [4.78, 5) is 12.1. The number of rotatable bonds is 5. The third kappa shape index (κ3) is 4.59. The third-order valence-corrected chi connectivity index (χ3v) is 4.52. The fraction of sp³-hybridized carbons (Fsp3) is 0.350. The standard InChI is InChI=1S/C20H24N2O.ClH/c1-14(21)17-8-5-15(6-9-17)13-22-20(23)12-16-7-10-18-3-2-4-19(18)11-16;/h5-11,14H,2-4,12-13,21H2,1H3,(H,22,23);1H/t14-;/m0./s1. The van der Waals surface area contributed by atoms with E-state index in [1.165, 1.54) is 24.0 Å². The molecule has 2 aromatic carbocycles. The first kappa shape index (κ1) is 18.5. The van der Waals surface area contributed by atoms with Crippen molar-refractivity contribution in [1.29, 1.82) is 0 Å². The second-order valence-corrected chi connectivity index (χ2v) is 6.44. The van der Waals surface area contributed by atoms with E-state index in [-0.39, 0.29) is 24.4 Å². The van der Waals surface area contributed by atoms with E-state index in [0.717, 1.165) is 23.1 Å². The molecule has 1 aliphatic rings. The van der Waals surface area contributed by atoms with Crippen molar-refractivity contribution in [2.75, 3.05) is 0 Å². The van der Waals surface area contributed by atoms with Gasteiger partial charge in [-0.05, 0) is 54.0 Å². The average molecular weight is 345 g/mol. The van der Waals surface area contributed by atoms with Crippen molar-refractivity contribution in [1.82, 2.24) is 5.32 Å². The van der Waals surface area contributed by atoms with Crippen LogP contribution in [0, 0.1) is 0 Å². The monoisotopic (exact) mass is 344 g/mol. The Bertz CT molecular complexity index is 695. The lowest BCUT2D eigenvalue weighted by molar-refractivity contribution is -0.120. The predicted molar refractivity (Wildman–Crippen MR) is 100 cm³/mol. The molecule has 0 heterocycles. The topological polar surface area (TPSA) is 55.1 Å². The van der Waals surface area contributed by atoms with E-state index < -0.39 is 0 Å². The van der Waals surface area contributed by atoms with Crippen LogP contribution in [0.5, 0.6) is 0 Å². The van der Waals surface area contributed by atoms with Crippen LogP contribution in [0.25, 0.3) is 0 Å². The molecule has 3 rings (SSSR count). The number of benzene rings is 2. The maximum Gasteiger partial charge on any atom is 0.224 e. The zero-order chi connectivity index (χ0) is 16.2. The first-order chi connectivity index (χ1) is 11.1. The molecular formula is C20H25ClN2O. The van der Waals surface area contributed by atoms with Crippen LogP contribution in [0.1, 0.15) is 47.2 Å². The first-order valence-corrected chi connectivity index (χ1v) is 8.33. The summed E-state index contributed by atoms with van der Waals surface area (Å²) in [6, 6.07) is 14.6. The van der Waals surface area contributed by atoms with Crippen LogP contribution in [0.2, 0.25) is 0 Å². The summed E-state index contributed by atoms with van der Waals surface area (Å²) in [6.07, 6.45) is 4.02. The summed E-state index contributed by atoms with van der Waals surface area (Å²) in [7, 11) is 0. The molecule has 0 aliphatic heterocycles. The fourth-order valence-electron chi connectivity index (χ4n) is 3.12. The average Bonchev–Trinajstić information content (AvgIpc) is 3.01. The van der Waals surface area contributed by atoms with Crippen molar-refractivity contribution >= 4 is 18.3 Å². The Kier molecular flexibility index (Phi) is 6.41. The van der Waals surface area contributed by atoms with E-state index in [0.29, 0.717) is 13.0 Å². The number of carbonyl (C=O) groups excluding carboxylic acids is 1. The van der Waals surface area contributed by atoms with Crippen molar-refractivity contribution < 1.29 is 4.79 Å². The number of halogens is 1. The lowest BCUT2D eigenvalue weighted by Gasteiger charge is -2.09. The molecule has 0 unspecified atom stereocenters. The summed E-state index contributed by atoms with van der Waals surface area (Å²) in [5.74, 6) is 0.0687. The van der Waals surface area contributed by atoms with Gasteiger partial charge in [0.25, 0.3) is 0 Å². The van der Waals surface area contributed by atoms with E-state index in [2.05, 4.69) is 23.5 Å². The van der Waals surface area contributed by atoms with Gasteiger partial charge in [-0.25, -0.2) is 0 Å². The molecule has 0 spiro atoms. The minimum absolute atomic E-state index is 0. The summed E-state index contributed by atoms with van der Waals surface area (Å²) < 4.78 is 0. The second kappa shape index (κ2) is 8.32. The minimum Gasteiger partial charge on any atom is -0.352 e. The van der Waals surface area contributed by atoms with Crippen LogP contribution in [-0.2, 0) is 30.6 Å². The Morgan fingerprint density at radius 2 is 1.75 bits per heavy atom. The van der Waals surface area contributed by atoms with E-state index in [9.17, 15) is 4.79 Å². The zero-order valence-electron chi connectivity index (χ0n) is 14.0. The Morgan fingerprint density at radius 1 is 1.08 bits per heavy atom. The van der Waals surface area contributed by atoms with Crippen LogP contribution >= 0.6 is 12.4 Å². The third-order valence-electron chi connectivity index (χ3n) is 4.52. The SMILES string of the molecule is C[C@H](N)c1ccc(CNC(=O)Cc2ccc3c(c2)CCC3)cc1.Cl. The number of amides is 1. The van der Waals surface area contributed by atoms with Gasteiger partial charge in [0.1, 0.15) is 0 Å². The Morgan fingerprint density at radius 3 is 2.46 bits per heavy atom. The van der Waals surface area contributed by atoms with Gasteiger partial charge in [0, 0.05) is 12.6 Å². The van der Waals surface area contributed by atoms with Crippen LogP contribution in [-0.4, -0.2) is 5.91 Å². The molecule has 0 saturated heterocycles. The van der Waals surface area contributed by atoms with E-state index in [1.54, 1.807) is 0 Å². The van der Waals surface area contributed by atoms with E-state index in [1.807, 2.05) is 31.2 Å². The quantitative estimate of drug-likeness (QED) is 0.872. The number of carbonyl (C=O) groups is 1.